The fourth-order valence-electron chi connectivity index (χ4n) is 1.98. The Morgan fingerprint density at radius 1 is 1.18 bits per heavy atom. The number of nitro groups is 1. The lowest BCUT2D eigenvalue weighted by Crippen LogP contribution is -2.27. The van der Waals surface area contributed by atoms with Crippen LogP contribution in [0.15, 0.2) is 48.5 Å². The van der Waals surface area contributed by atoms with Crippen LogP contribution in [-0.2, 0) is 11.3 Å². The van der Waals surface area contributed by atoms with E-state index in [1.165, 1.54) is 24.3 Å². The molecule has 1 atom stereocenters. The Morgan fingerprint density at radius 2 is 1.77 bits per heavy atom. The topological polar surface area (TPSA) is 72.2 Å². The molecule has 0 fully saturated rings. The van der Waals surface area contributed by atoms with Crippen LogP contribution in [0, 0.1) is 15.9 Å². The molecule has 2 aromatic carbocycles. The van der Waals surface area contributed by atoms with Crippen molar-refractivity contribution in [1.29, 1.82) is 0 Å². The smallest absolute Gasteiger partial charge is 0.269 e. The molecule has 2 rings (SSSR count). The lowest BCUT2D eigenvalue weighted by atomic mass is 10.00. The second-order valence-corrected chi connectivity index (χ2v) is 4.91. The highest BCUT2D eigenvalue weighted by atomic mass is 19.1. The van der Waals surface area contributed by atoms with E-state index in [-0.39, 0.29) is 17.4 Å². The van der Waals surface area contributed by atoms with E-state index < -0.39 is 10.8 Å². The quantitative estimate of drug-likeness (QED) is 0.681. The molecule has 22 heavy (non-hydrogen) atoms. The molecule has 0 aliphatic heterocycles. The van der Waals surface area contributed by atoms with Gasteiger partial charge in [-0.1, -0.05) is 24.3 Å². The molecule has 0 aromatic heterocycles. The molecular formula is C16H15FN2O3. The minimum Gasteiger partial charge on any atom is -0.352 e. The molecule has 1 N–H and O–H groups in total. The maximum atomic E-state index is 12.8. The van der Waals surface area contributed by atoms with Crippen molar-refractivity contribution in [2.75, 3.05) is 0 Å². The number of nitro benzene ring substituents is 1. The SMILES string of the molecule is C[C@@H](C(=O)NCc1ccc(F)cc1)c1ccc([N+](=O)[O-])cc1. The lowest BCUT2D eigenvalue weighted by Gasteiger charge is -2.12. The summed E-state index contributed by atoms with van der Waals surface area (Å²) in [6.07, 6.45) is 0. The van der Waals surface area contributed by atoms with Crippen molar-refractivity contribution in [2.45, 2.75) is 19.4 Å². The largest absolute Gasteiger partial charge is 0.352 e. The molecule has 5 nitrogen and oxygen atoms in total. The van der Waals surface area contributed by atoms with Gasteiger partial charge in [-0.15, -0.1) is 0 Å². The number of carbonyl (C=O) groups is 1. The molecule has 6 heteroatoms. The average molecular weight is 302 g/mol. The molecule has 0 spiro atoms. The van der Waals surface area contributed by atoms with Gasteiger partial charge < -0.3 is 5.32 Å². The van der Waals surface area contributed by atoms with Crippen molar-refractivity contribution in [3.05, 3.63) is 75.6 Å². The zero-order valence-corrected chi connectivity index (χ0v) is 12.0. The summed E-state index contributed by atoms with van der Waals surface area (Å²) in [6.45, 7) is 2.03. The first-order valence-corrected chi connectivity index (χ1v) is 6.74. The summed E-state index contributed by atoms with van der Waals surface area (Å²) in [5.41, 5.74) is 1.48. The van der Waals surface area contributed by atoms with Crippen molar-refractivity contribution in [3.8, 4) is 0 Å². The van der Waals surface area contributed by atoms with E-state index in [4.69, 9.17) is 0 Å². The van der Waals surface area contributed by atoms with Crippen LogP contribution in [0.1, 0.15) is 24.0 Å². The fraction of sp³-hybridized carbons (Fsp3) is 0.188. The monoisotopic (exact) mass is 302 g/mol. The van der Waals surface area contributed by atoms with E-state index in [0.717, 1.165) is 5.56 Å². The van der Waals surface area contributed by atoms with Gasteiger partial charge in [-0.25, -0.2) is 4.39 Å². The molecule has 0 aliphatic carbocycles. The molecule has 0 saturated carbocycles. The summed E-state index contributed by atoms with van der Waals surface area (Å²) in [6, 6.07) is 11.8. The van der Waals surface area contributed by atoms with Crippen molar-refractivity contribution >= 4 is 11.6 Å². The van der Waals surface area contributed by atoms with Crippen LogP contribution in [0.3, 0.4) is 0 Å². The normalized spacial score (nSPS) is 11.7. The van der Waals surface area contributed by atoms with Gasteiger partial charge in [-0.05, 0) is 30.2 Å². The molecular weight excluding hydrogens is 287 g/mol. The molecule has 0 aliphatic rings. The first-order valence-electron chi connectivity index (χ1n) is 6.74. The third kappa shape index (κ3) is 3.88. The van der Waals surface area contributed by atoms with Crippen molar-refractivity contribution in [2.24, 2.45) is 0 Å². The first kappa shape index (κ1) is 15.6. The van der Waals surface area contributed by atoms with Gasteiger partial charge in [0.15, 0.2) is 0 Å². The van der Waals surface area contributed by atoms with Crippen LogP contribution in [0.2, 0.25) is 0 Å². The molecule has 0 saturated heterocycles. The second kappa shape index (κ2) is 6.80. The summed E-state index contributed by atoms with van der Waals surface area (Å²) >= 11 is 0. The Labute approximate surface area is 126 Å². The van der Waals surface area contributed by atoms with Gasteiger partial charge in [-0.2, -0.15) is 0 Å². The van der Waals surface area contributed by atoms with Crippen molar-refractivity contribution in [3.63, 3.8) is 0 Å². The van der Waals surface area contributed by atoms with Crippen LogP contribution in [0.25, 0.3) is 0 Å². The fourth-order valence-corrected chi connectivity index (χ4v) is 1.98. The van der Waals surface area contributed by atoms with Crippen LogP contribution in [0.4, 0.5) is 10.1 Å². The third-order valence-electron chi connectivity index (χ3n) is 3.38. The number of hydrogen-bond donors (Lipinski definition) is 1. The van der Waals surface area contributed by atoms with Gasteiger partial charge in [0.2, 0.25) is 5.91 Å². The lowest BCUT2D eigenvalue weighted by molar-refractivity contribution is -0.384. The summed E-state index contributed by atoms with van der Waals surface area (Å²) in [7, 11) is 0. The van der Waals surface area contributed by atoms with Crippen LogP contribution >= 0.6 is 0 Å². The number of hydrogen-bond acceptors (Lipinski definition) is 3. The second-order valence-electron chi connectivity index (χ2n) is 4.91. The highest BCUT2D eigenvalue weighted by Gasteiger charge is 2.16. The summed E-state index contributed by atoms with van der Waals surface area (Å²) in [5.74, 6) is -0.950. The molecule has 0 radical (unpaired) electrons. The number of rotatable bonds is 5. The molecule has 0 heterocycles. The zero-order chi connectivity index (χ0) is 16.1. The van der Waals surface area contributed by atoms with E-state index in [2.05, 4.69) is 5.32 Å². The maximum absolute atomic E-state index is 12.8. The number of non-ortho nitro benzene ring substituents is 1. The van der Waals surface area contributed by atoms with Gasteiger partial charge in [0.1, 0.15) is 5.82 Å². The molecule has 1 amide bonds. The zero-order valence-electron chi connectivity index (χ0n) is 12.0. The minimum absolute atomic E-state index is 0.0114. The van der Waals surface area contributed by atoms with Crippen LogP contribution in [-0.4, -0.2) is 10.8 Å². The van der Waals surface area contributed by atoms with Gasteiger partial charge in [0.05, 0.1) is 10.8 Å². The Hall–Kier alpha value is -2.76. The maximum Gasteiger partial charge on any atom is 0.269 e. The van der Waals surface area contributed by atoms with E-state index in [9.17, 15) is 19.3 Å². The van der Waals surface area contributed by atoms with Crippen LogP contribution in [0.5, 0.6) is 0 Å². The van der Waals surface area contributed by atoms with E-state index in [1.807, 2.05) is 0 Å². The van der Waals surface area contributed by atoms with Gasteiger partial charge in [0, 0.05) is 18.7 Å². The Kier molecular flexibility index (Phi) is 4.83. The first-order chi connectivity index (χ1) is 10.5. The Bertz CT molecular complexity index is 669. The van der Waals surface area contributed by atoms with Crippen LogP contribution < -0.4 is 5.32 Å². The van der Waals surface area contributed by atoms with E-state index in [1.54, 1.807) is 31.2 Å². The Balaban J connectivity index is 1.96. The average Bonchev–Trinajstić information content (AvgIpc) is 2.53. The molecule has 2 aromatic rings. The predicted octanol–water partition coefficient (Wildman–Crippen LogP) is 3.15. The number of nitrogens with zero attached hydrogens (tertiary/aromatic N) is 1. The van der Waals surface area contributed by atoms with Gasteiger partial charge >= 0.3 is 0 Å². The highest BCUT2D eigenvalue weighted by molar-refractivity contribution is 5.83. The Morgan fingerprint density at radius 3 is 2.32 bits per heavy atom. The van der Waals surface area contributed by atoms with E-state index >= 15 is 0 Å². The van der Waals surface area contributed by atoms with Gasteiger partial charge in [0.25, 0.3) is 5.69 Å². The number of carbonyl (C=O) groups excluding carboxylic acids is 1. The molecule has 0 unspecified atom stereocenters. The number of benzene rings is 2. The highest BCUT2D eigenvalue weighted by Crippen LogP contribution is 2.19. The van der Waals surface area contributed by atoms with Gasteiger partial charge in [-0.3, -0.25) is 14.9 Å². The summed E-state index contributed by atoms with van der Waals surface area (Å²) in [4.78, 5) is 22.2. The molecule has 0 bridgehead atoms. The van der Waals surface area contributed by atoms with E-state index in [0.29, 0.717) is 12.1 Å². The summed E-state index contributed by atoms with van der Waals surface area (Å²) in [5, 5.41) is 13.4. The minimum atomic E-state index is -0.483. The number of amides is 1. The standard InChI is InChI=1S/C16H15FN2O3/c1-11(13-4-8-15(9-5-13)19(21)22)16(20)18-10-12-2-6-14(17)7-3-12/h2-9,11H,10H2,1H3,(H,18,20)/t11-/m1/s1. The predicted molar refractivity (Wildman–Crippen MR) is 79.8 cm³/mol. The molecule has 114 valence electrons. The third-order valence-corrected chi connectivity index (χ3v) is 3.38. The summed E-state index contributed by atoms with van der Waals surface area (Å²) < 4.78 is 12.8. The van der Waals surface area contributed by atoms with Crippen molar-refractivity contribution in [1.82, 2.24) is 5.32 Å². The number of nitrogens with one attached hydrogen (secondary N) is 1. The number of halogens is 1. The van der Waals surface area contributed by atoms with Crippen molar-refractivity contribution < 1.29 is 14.1 Å².